The quantitative estimate of drug-likeness (QED) is 0.805. The van der Waals surface area contributed by atoms with Gasteiger partial charge in [-0.15, -0.1) is 0 Å². The van der Waals surface area contributed by atoms with Gasteiger partial charge in [0, 0.05) is 6.07 Å². The summed E-state index contributed by atoms with van der Waals surface area (Å²) in [5, 5.41) is 0. The normalized spacial score (nSPS) is 10.3. The highest BCUT2D eigenvalue weighted by Crippen LogP contribution is 2.25. The summed E-state index contributed by atoms with van der Waals surface area (Å²) in [7, 11) is 0. The van der Waals surface area contributed by atoms with E-state index in [1.54, 1.807) is 6.07 Å². The number of halogens is 1. The van der Waals surface area contributed by atoms with Gasteiger partial charge in [0.2, 0.25) is 5.88 Å². The van der Waals surface area contributed by atoms with E-state index in [4.69, 9.17) is 4.74 Å². The van der Waals surface area contributed by atoms with Crippen LogP contribution in [0.25, 0.3) is 0 Å². The van der Waals surface area contributed by atoms with Crippen molar-refractivity contribution < 1.29 is 4.74 Å². The van der Waals surface area contributed by atoms with Crippen LogP contribution in [0.5, 0.6) is 11.6 Å². The first-order valence-corrected chi connectivity index (χ1v) is 6.25. The van der Waals surface area contributed by atoms with Gasteiger partial charge < -0.3 is 4.74 Å². The Hall–Kier alpha value is -1.42. The Morgan fingerprint density at radius 3 is 2.71 bits per heavy atom. The molecule has 0 fully saturated rings. The fraction of sp³-hybridized carbons (Fsp3) is 0.231. The largest absolute Gasteiger partial charge is 0.439 e. The van der Waals surface area contributed by atoms with E-state index in [0.717, 1.165) is 16.8 Å². The van der Waals surface area contributed by atoms with E-state index < -0.39 is 0 Å². The van der Waals surface area contributed by atoms with Gasteiger partial charge in [-0.05, 0) is 40.9 Å². The first-order valence-electron chi connectivity index (χ1n) is 5.46. The summed E-state index contributed by atoms with van der Waals surface area (Å²) in [4.78, 5) is 8.39. The molecule has 0 saturated heterocycles. The standard InChI is InChI=1S/C13H13BrN2O/c1-3-10-6-4-5-7-11(10)17-13-8-12(14)15-9(2)16-13/h4-8H,3H2,1-2H3. The lowest BCUT2D eigenvalue weighted by molar-refractivity contribution is 0.454. The molecule has 0 bridgehead atoms. The van der Waals surface area contributed by atoms with E-state index in [1.807, 2.05) is 25.1 Å². The Bertz CT molecular complexity index is 508. The summed E-state index contributed by atoms with van der Waals surface area (Å²) in [6.07, 6.45) is 0.932. The maximum absolute atomic E-state index is 5.78. The fourth-order valence-electron chi connectivity index (χ4n) is 1.57. The lowest BCUT2D eigenvalue weighted by Gasteiger charge is -2.09. The van der Waals surface area contributed by atoms with Crippen LogP contribution in [-0.4, -0.2) is 9.97 Å². The molecule has 0 unspecified atom stereocenters. The Morgan fingerprint density at radius 1 is 1.24 bits per heavy atom. The summed E-state index contributed by atoms with van der Waals surface area (Å²) in [6.45, 7) is 3.94. The molecule has 0 N–H and O–H groups in total. The number of hydrogen-bond donors (Lipinski definition) is 0. The van der Waals surface area contributed by atoms with Gasteiger partial charge in [-0.1, -0.05) is 25.1 Å². The average Bonchev–Trinajstić information content (AvgIpc) is 2.28. The predicted octanol–water partition coefficient (Wildman–Crippen LogP) is 3.90. The van der Waals surface area contributed by atoms with Crippen molar-refractivity contribution in [2.24, 2.45) is 0 Å². The highest BCUT2D eigenvalue weighted by atomic mass is 79.9. The highest BCUT2D eigenvalue weighted by molar-refractivity contribution is 9.10. The molecule has 0 aliphatic heterocycles. The van der Waals surface area contributed by atoms with Gasteiger partial charge in [0.05, 0.1) is 0 Å². The van der Waals surface area contributed by atoms with E-state index >= 15 is 0 Å². The van der Waals surface area contributed by atoms with Crippen LogP contribution in [-0.2, 0) is 6.42 Å². The van der Waals surface area contributed by atoms with Gasteiger partial charge in [-0.3, -0.25) is 0 Å². The fourth-order valence-corrected chi connectivity index (χ4v) is 2.02. The van der Waals surface area contributed by atoms with E-state index in [-0.39, 0.29) is 0 Å². The van der Waals surface area contributed by atoms with Crippen LogP contribution in [0.3, 0.4) is 0 Å². The topological polar surface area (TPSA) is 35.0 Å². The second kappa shape index (κ2) is 5.27. The van der Waals surface area contributed by atoms with Crippen molar-refractivity contribution in [3.8, 4) is 11.6 Å². The molecule has 3 nitrogen and oxygen atoms in total. The smallest absolute Gasteiger partial charge is 0.223 e. The molecule has 88 valence electrons. The molecule has 1 heterocycles. The molecular weight excluding hydrogens is 280 g/mol. The van der Waals surface area contributed by atoms with E-state index in [2.05, 4.69) is 38.9 Å². The number of benzene rings is 1. The van der Waals surface area contributed by atoms with Gasteiger partial charge in [0.1, 0.15) is 16.2 Å². The SMILES string of the molecule is CCc1ccccc1Oc1cc(Br)nc(C)n1. The number of nitrogens with zero attached hydrogens (tertiary/aromatic N) is 2. The van der Waals surface area contributed by atoms with Gasteiger partial charge in [0.25, 0.3) is 0 Å². The Morgan fingerprint density at radius 2 is 2.00 bits per heavy atom. The van der Waals surface area contributed by atoms with Gasteiger partial charge in [-0.25, -0.2) is 4.98 Å². The van der Waals surface area contributed by atoms with E-state index in [1.165, 1.54) is 5.56 Å². The molecule has 0 radical (unpaired) electrons. The minimum atomic E-state index is 0.560. The van der Waals surface area contributed by atoms with Crippen LogP contribution >= 0.6 is 15.9 Å². The number of para-hydroxylation sites is 1. The molecule has 0 aliphatic rings. The maximum Gasteiger partial charge on any atom is 0.223 e. The third-order valence-corrected chi connectivity index (χ3v) is 2.76. The third-order valence-electron chi connectivity index (χ3n) is 2.35. The van der Waals surface area contributed by atoms with Crippen LogP contribution in [0, 0.1) is 6.92 Å². The Labute approximate surface area is 109 Å². The third kappa shape index (κ3) is 3.03. The second-order valence-electron chi connectivity index (χ2n) is 3.64. The van der Waals surface area contributed by atoms with Crippen LogP contribution in [0.4, 0.5) is 0 Å². The first kappa shape index (κ1) is 12.0. The first-order chi connectivity index (χ1) is 8.19. The predicted molar refractivity (Wildman–Crippen MR) is 70.4 cm³/mol. The molecule has 0 aliphatic carbocycles. The molecule has 1 aromatic heterocycles. The lowest BCUT2D eigenvalue weighted by atomic mass is 10.1. The second-order valence-corrected chi connectivity index (χ2v) is 4.45. The van der Waals surface area contributed by atoms with Crippen molar-refractivity contribution in [3.05, 3.63) is 46.3 Å². The number of aryl methyl sites for hydroxylation is 2. The lowest BCUT2D eigenvalue weighted by Crippen LogP contribution is -1.95. The molecule has 0 saturated carbocycles. The summed E-state index contributed by atoms with van der Waals surface area (Å²) in [5.41, 5.74) is 1.17. The van der Waals surface area contributed by atoms with Crippen LogP contribution in [0.15, 0.2) is 34.9 Å². The molecule has 0 spiro atoms. The van der Waals surface area contributed by atoms with Crippen LogP contribution in [0.2, 0.25) is 0 Å². The van der Waals surface area contributed by atoms with E-state index in [0.29, 0.717) is 11.7 Å². The molecule has 0 amide bonds. The number of hydrogen-bond acceptors (Lipinski definition) is 3. The molecule has 1 aromatic carbocycles. The summed E-state index contributed by atoms with van der Waals surface area (Å²) < 4.78 is 6.51. The van der Waals surface area contributed by atoms with Gasteiger partial charge >= 0.3 is 0 Å². The number of ether oxygens (including phenoxy) is 1. The number of aromatic nitrogens is 2. The van der Waals surface area contributed by atoms with Crippen molar-refractivity contribution in [1.82, 2.24) is 9.97 Å². The summed E-state index contributed by atoms with van der Waals surface area (Å²) in [6, 6.07) is 9.73. The molecular formula is C13H13BrN2O. The summed E-state index contributed by atoms with van der Waals surface area (Å²) >= 11 is 3.33. The minimum Gasteiger partial charge on any atom is -0.439 e. The molecule has 2 rings (SSSR count). The molecule has 4 heteroatoms. The Kier molecular flexibility index (Phi) is 3.74. The number of rotatable bonds is 3. The van der Waals surface area contributed by atoms with Gasteiger partial charge in [-0.2, -0.15) is 4.98 Å². The monoisotopic (exact) mass is 292 g/mol. The van der Waals surface area contributed by atoms with Crippen molar-refractivity contribution in [2.45, 2.75) is 20.3 Å². The molecule has 17 heavy (non-hydrogen) atoms. The Balaban J connectivity index is 2.31. The zero-order valence-corrected chi connectivity index (χ0v) is 11.4. The van der Waals surface area contributed by atoms with Crippen molar-refractivity contribution in [2.75, 3.05) is 0 Å². The average molecular weight is 293 g/mol. The zero-order valence-electron chi connectivity index (χ0n) is 9.77. The highest BCUT2D eigenvalue weighted by Gasteiger charge is 2.05. The maximum atomic E-state index is 5.78. The van der Waals surface area contributed by atoms with Gasteiger partial charge in [0.15, 0.2) is 0 Å². The van der Waals surface area contributed by atoms with Crippen LogP contribution < -0.4 is 4.74 Å². The van der Waals surface area contributed by atoms with Crippen molar-refractivity contribution in [1.29, 1.82) is 0 Å². The van der Waals surface area contributed by atoms with E-state index in [9.17, 15) is 0 Å². The molecule has 0 atom stereocenters. The van der Waals surface area contributed by atoms with Crippen molar-refractivity contribution in [3.63, 3.8) is 0 Å². The minimum absolute atomic E-state index is 0.560. The zero-order chi connectivity index (χ0) is 12.3. The van der Waals surface area contributed by atoms with Crippen molar-refractivity contribution >= 4 is 15.9 Å². The molecule has 2 aromatic rings. The van der Waals surface area contributed by atoms with Crippen LogP contribution in [0.1, 0.15) is 18.3 Å². The summed E-state index contributed by atoms with van der Waals surface area (Å²) in [5.74, 6) is 2.09.